The minimum absolute atomic E-state index is 0.0808. The maximum atomic E-state index is 12.6. The Morgan fingerprint density at radius 1 is 1.50 bits per heavy atom. The Morgan fingerprint density at radius 2 is 2.27 bits per heavy atom. The van der Waals surface area contributed by atoms with Gasteiger partial charge in [-0.1, -0.05) is 0 Å². The topological polar surface area (TPSA) is 89.0 Å². The Kier molecular flexibility index (Phi) is 4.97. The van der Waals surface area contributed by atoms with Crippen molar-refractivity contribution in [3.63, 3.8) is 0 Å². The molecule has 0 aliphatic carbocycles. The number of ether oxygens (including phenoxy) is 2. The Hall–Kier alpha value is -2.15. The second-order valence-electron chi connectivity index (χ2n) is 5.28. The highest BCUT2D eigenvalue weighted by atomic mass is 16.5. The number of carboxylic acids is 1. The van der Waals surface area contributed by atoms with Crippen molar-refractivity contribution in [3.8, 4) is 5.88 Å². The Balaban J connectivity index is 2.20. The van der Waals surface area contributed by atoms with Gasteiger partial charge >= 0.3 is 5.97 Å². The average Bonchev–Trinajstić information content (AvgIpc) is 2.93. The van der Waals surface area contributed by atoms with Crippen LogP contribution in [0.2, 0.25) is 0 Å². The van der Waals surface area contributed by atoms with Crippen molar-refractivity contribution >= 4 is 11.9 Å². The fourth-order valence-corrected chi connectivity index (χ4v) is 2.65. The van der Waals surface area contributed by atoms with Crippen LogP contribution < -0.4 is 4.74 Å². The van der Waals surface area contributed by atoms with Crippen LogP contribution in [0, 0.1) is 5.41 Å². The number of carbonyl (C=O) groups excluding carboxylic acids is 1. The number of methoxy groups -OCH3 is 1. The van der Waals surface area contributed by atoms with Gasteiger partial charge in [-0.25, -0.2) is 4.98 Å². The summed E-state index contributed by atoms with van der Waals surface area (Å²) in [5.41, 5.74) is -0.693. The van der Waals surface area contributed by atoms with Gasteiger partial charge in [0, 0.05) is 26.4 Å². The lowest BCUT2D eigenvalue weighted by molar-refractivity contribution is -0.151. The lowest BCUT2D eigenvalue weighted by Crippen LogP contribution is -2.40. The second kappa shape index (κ2) is 6.74. The van der Waals surface area contributed by atoms with Crippen LogP contribution in [0.4, 0.5) is 0 Å². The lowest BCUT2D eigenvalue weighted by atomic mass is 9.88. The van der Waals surface area contributed by atoms with Gasteiger partial charge in [-0.05, 0) is 25.5 Å². The Morgan fingerprint density at radius 3 is 2.91 bits per heavy atom. The highest BCUT2D eigenvalue weighted by Crippen LogP contribution is 2.33. The summed E-state index contributed by atoms with van der Waals surface area (Å²) in [5.74, 6) is -0.939. The SMILES string of the molecule is CCOc1ncccc1C(=O)N1CCC(COC)(C(=O)O)C1. The number of likely N-dealkylation sites (tertiary alicyclic amines) is 1. The maximum absolute atomic E-state index is 12.6. The molecule has 1 amide bonds. The second-order valence-corrected chi connectivity index (χ2v) is 5.28. The number of aliphatic carboxylic acids is 1. The molecule has 1 unspecified atom stereocenters. The van der Waals surface area contributed by atoms with Gasteiger partial charge < -0.3 is 19.5 Å². The minimum Gasteiger partial charge on any atom is -0.481 e. The molecule has 2 rings (SSSR count). The van der Waals surface area contributed by atoms with Gasteiger partial charge in [-0.15, -0.1) is 0 Å². The number of hydrogen-bond acceptors (Lipinski definition) is 5. The molecule has 0 saturated carbocycles. The van der Waals surface area contributed by atoms with Gasteiger partial charge in [-0.3, -0.25) is 9.59 Å². The molecule has 0 bridgehead atoms. The average molecular weight is 308 g/mol. The molecule has 1 aromatic rings. The molecule has 1 N–H and O–H groups in total. The summed E-state index contributed by atoms with van der Waals surface area (Å²) in [6.45, 7) is 2.79. The third kappa shape index (κ3) is 3.04. The lowest BCUT2D eigenvalue weighted by Gasteiger charge is -2.24. The number of hydrogen-bond donors (Lipinski definition) is 1. The molecule has 1 aliphatic rings. The van der Waals surface area contributed by atoms with E-state index in [4.69, 9.17) is 9.47 Å². The third-order valence-corrected chi connectivity index (χ3v) is 3.80. The zero-order valence-corrected chi connectivity index (χ0v) is 12.7. The van der Waals surface area contributed by atoms with Gasteiger partial charge in [0.1, 0.15) is 11.0 Å². The monoisotopic (exact) mass is 308 g/mol. The van der Waals surface area contributed by atoms with Crippen LogP contribution in [0.5, 0.6) is 5.88 Å². The maximum Gasteiger partial charge on any atom is 0.313 e. The summed E-state index contributed by atoms with van der Waals surface area (Å²) in [6, 6.07) is 3.29. The summed E-state index contributed by atoms with van der Waals surface area (Å²) in [4.78, 5) is 29.7. The van der Waals surface area contributed by atoms with Gasteiger partial charge in [0.2, 0.25) is 5.88 Å². The van der Waals surface area contributed by atoms with Crippen molar-refractivity contribution in [1.29, 1.82) is 0 Å². The quantitative estimate of drug-likeness (QED) is 0.845. The number of rotatable bonds is 6. The predicted octanol–water partition coefficient (Wildman–Crippen LogP) is 1.04. The third-order valence-electron chi connectivity index (χ3n) is 3.80. The molecule has 0 spiro atoms. The molecule has 1 fully saturated rings. The number of aromatic nitrogens is 1. The smallest absolute Gasteiger partial charge is 0.313 e. The Bertz CT molecular complexity index is 563. The highest BCUT2D eigenvalue weighted by molar-refractivity contribution is 5.97. The first-order valence-electron chi connectivity index (χ1n) is 7.13. The van der Waals surface area contributed by atoms with Crippen LogP contribution in [0.3, 0.4) is 0 Å². The number of amides is 1. The first kappa shape index (κ1) is 16.2. The van der Waals surface area contributed by atoms with Gasteiger partial charge in [0.25, 0.3) is 5.91 Å². The van der Waals surface area contributed by atoms with E-state index < -0.39 is 11.4 Å². The summed E-state index contributed by atoms with van der Waals surface area (Å²) in [5, 5.41) is 9.45. The number of nitrogens with zero attached hydrogens (tertiary/aromatic N) is 2. The van der Waals surface area contributed by atoms with E-state index in [0.29, 0.717) is 25.1 Å². The first-order chi connectivity index (χ1) is 10.5. The summed E-state index contributed by atoms with van der Waals surface area (Å²) in [7, 11) is 1.46. The van der Waals surface area contributed by atoms with Crippen molar-refractivity contribution in [1.82, 2.24) is 9.88 Å². The van der Waals surface area contributed by atoms with E-state index in [1.54, 1.807) is 18.3 Å². The van der Waals surface area contributed by atoms with Crippen LogP contribution in [0.15, 0.2) is 18.3 Å². The van der Waals surface area contributed by atoms with Crippen molar-refractivity contribution in [3.05, 3.63) is 23.9 Å². The van der Waals surface area contributed by atoms with Gasteiger partial charge in [0.05, 0.1) is 13.2 Å². The Labute approximate surface area is 128 Å². The molecule has 120 valence electrons. The molecule has 7 heteroatoms. The first-order valence-corrected chi connectivity index (χ1v) is 7.13. The van der Waals surface area contributed by atoms with Gasteiger partial charge in [0.15, 0.2) is 0 Å². The van der Waals surface area contributed by atoms with Crippen LogP contribution in [0.25, 0.3) is 0 Å². The van der Waals surface area contributed by atoms with Crippen LogP contribution in [0.1, 0.15) is 23.7 Å². The van der Waals surface area contributed by atoms with Gasteiger partial charge in [-0.2, -0.15) is 0 Å². The number of carbonyl (C=O) groups is 2. The molecular formula is C15H20N2O5. The van der Waals surface area contributed by atoms with Crippen LogP contribution >= 0.6 is 0 Å². The van der Waals surface area contributed by atoms with E-state index in [2.05, 4.69) is 4.98 Å². The summed E-state index contributed by atoms with van der Waals surface area (Å²) >= 11 is 0. The molecule has 1 atom stereocenters. The van der Waals surface area contributed by atoms with Crippen LogP contribution in [-0.2, 0) is 9.53 Å². The van der Waals surface area contributed by atoms with Crippen molar-refractivity contribution < 1.29 is 24.2 Å². The number of pyridine rings is 1. The molecule has 1 aliphatic heterocycles. The highest BCUT2D eigenvalue weighted by Gasteiger charge is 2.46. The van der Waals surface area contributed by atoms with E-state index in [0.717, 1.165) is 0 Å². The van der Waals surface area contributed by atoms with Crippen LogP contribution in [-0.4, -0.2) is 60.3 Å². The molecular weight excluding hydrogens is 288 g/mol. The minimum atomic E-state index is -1.04. The van der Waals surface area contributed by atoms with E-state index in [9.17, 15) is 14.7 Å². The van der Waals surface area contributed by atoms with Crippen molar-refractivity contribution in [2.45, 2.75) is 13.3 Å². The standard InChI is InChI=1S/C15H20N2O5/c1-3-22-12-11(5-4-7-16-12)13(18)17-8-6-15(9-17,10-21-2)14(19)20/h4-5,7H,3,6,8-10H2,1-2H3,(H,19,20). The predicted molar refractivity (Wildman–Crippen MR) is 77.9 cm³/mol. The molecule has 0 radical (unpaired) electrons. The summed E-state index contributed by atoms with van der Waals surface area (Å²) in [6.07, 6.45) is 1.92. The zero-order chi connectivity index (χ0) is 16.2. The molecule has 1 aromatic heterocycles. The molecule has 7 nitrogen and oxygen atoms in total. The molecule has 22 heavy (non-hydrogen) atoms. The zero-order valence-electron chi connectivity index (χ0n) is 12.7. The van der Waals surface area contributed by atoms with E-state index in [1.807, 2.05) is 6.92 Å². The normalized spacial score (nSPS) is 20.9. The van der Waals surface area contributed by atoms with E-state index >= 15 is 0 Å². The fourth-order valence-electron chi connectivity index (χ4n) is 2.65. The summed E-state index contributed by atoms with van der Waals surface area (Å²) < 4.78 is 10.4. The molecule has 0 aromatic carbocycles. The largest absolute Gasteiger partial charge is 0.481 e. The van der Waals surface area contributed by atoms with E-state index in [1.165, 1.54) is 12.0 Å². The molecule has 2 heterocycles. The van der Waals surface area contributed by atoms with E-state index in [-0.39, 0.29) is 24.9 Å². The number of carboxylic acid groups (broad SMARTS) is 1. The van der Waals surface area contributed by atoms with Crippen molar-refractivity contribution in [2.24, 2.45) is 5.41 Å². The van der Waals surface area contributed by atoms with Crippen molar-refractivity contribution in [2.75, 3.05) is 33.4 Å². The fraction of sp³-hybridized carbons (Fsp3) is 0.533. The molecule has 1 saturated heterocycles.